The standard InChI is InChI=1S/C8H14N2O3/c11-2-4-12-3-1-9-5-8-6-10-13-7-8/h6-7,9,11H,1-5H2. The zero-order valence-electron chi connectivity index (χ0n) is 7.40. The molecule has 0 radical (unpaired) electrons. The maximum Gasteiger partial charge on any atom is 0.128 e. The molecule has 0 saturated carbocycles. The fourth-order valence-electron chi connectivity index (χ4n) is 0.858. The molecule has 0 unspecified atom stereocenters. The van der Waals surface area contributed by atoms with Gasteiger partial charge in [0, 0.05) is 18.7 Å². The van der Waals surface area contributed by atoms with Crippen molar-refractivity contribution in [1.82, 2.24) is 10.5 Å². The van der Waals surface area contributed by atoms with Gasteiger partial charge >= 0.3 is 0 Å². The van der Waals surface area contributed by atoms with Crippen molar-refractivity contribution in [3.8, 4) is 0 Å². The third-order valence-electron chi connectivity index (χ3n) is 1.47. The number of aliphatic hydroxyl groups is 1. The summed E-state index contributed by atoms with van der Waals surface area (Å²) in [5, 5.41) is 15.1. The minimum atomic E-state index is 0.0751. The summed E-state index contributed by atoms with van der Waals surface area (Å²) in [5.74, 6) is 0. The Bertz CT molecular complexity index is 201. The molecule has 0 aliphatic heterocycles. The molecule has 0 saturated heterocycles. The Morgan fingerprint density at radius 2 is 2.46 bits per heavy atom. The van der Waals surface area contributed by atoms with E-state index in [1.807, 2.05) is 0 Å². The Labute approximate surface area is 76.7 Å². The Kier molecular flexibility index (Phi) is 5.16. The van der Waals surface area contributed by atoms with Crippen molar-refractivity contribution in [1.29, 1.82) is 0 Å². The lowest BCUT2D eigenvalue weighted by Crippen LogP contribution is -2.19. The van der Waals surface area contributed by atoms with Gasteiger partial charge in [-0.25, -0.2) is 0 Å². The molecule has 0 aliphatic rings. The molecule has 1 rings (SSSR count). The van der Waals surface area contributed by atoms with Crippen molar-refractivity contribution in [2.24, 2.45) is 0 Å². The van der Waals surface area contributed by atoms with Crippen molar-refractivity contribution < 1.29 is 14.4 Å². The summed E-state index contributed by atoms with van der Waals surface area (Å²) in [6.07, 6.45) is 3.27. The van der Waals surface area contributed by atoms with Gasteiger partial charge in [0.2, 0.25) is 0 Å². The van der Waals surface area contributed by atoms with Crippen LogP contribution in [0.5, 0.6) is 0 Å². The van der Waals surface area contributed by atoms with E-state index in [4.69, 9.17) is 9.84 Å². The molecule has 0 aromatic carbocycles. The summed E-state index contributed by atoms with van der Waals surface area (Å²) in [7, 11) is 0. The average molecular weight is 186 g/mol. The zero-order valence-corrected chi connectivity index (χ0v) is 7.40. The largest absolute Gasteiger partial charge is 0.394 e. The van der Waals surface area contributed by atoms with Crippen molar-refractivity contribution in [3.05, 3.63) is 18.0 Å². The normalized spacial score (nSPS) is 10.5. The Morgan fingerprint density at radius 3 is 3.15 bits per heavy atom. The quantitative estimate of drug-likeness (QED) is 0.576. The summed E-state index contributed by atoms with van der Waals surface area (Å²) in [4.78, 5) is 0. The van der Waals surface area contributed by atoms with Crippen LogP contribution in [0.1, 0.15) is 5.56 Å². The first-order chi connectivity index (χ1) is 6.43. The number of aliphatic hydroxyl groups excluding tert-OH is 1. The fraction of sp³-hybridized carbons (Fsp3) is 0.625. The molecule has 5 heteroatoms. The second kappa shape index (κ2) is 6.59. The molecule has 1 aromatic heterocycles. The lowest BCUT2D eigenvalue weighted by atomic mass is 10.4. The predicted molar refractivity (Wildman–Crippen MR) is 46.1 cm³/mol. The van der Waals surface area contributed by atoms with Crippen LogP contribution in [0.3, 0.4) is 0 Å². The number of ether oxygens (including phenoxy) is 1. The lowest BCUT2D eigenvalue weighted by Gasteiger charge is -2.02. The van der Waals surface area contributed by atoms with E-state index in [0.717, 1.165) is 18.7 Å². The number of nitrogens with one attached hydrogen (secondary N) is 1. The van der Waals surface area contributed by atoms with E-state index in [1.165, 1.54) is 0 Å². The van der Waals surface area contributed by atoms with Crippen LogP contribution in [0.15, 0.2) is 17.0 Å². The summed E-state index contributed by atoms with van der Waals surface area (Å²) >= 11 is 0. The maximum atomic E-state index is 8.41. The van der Waals surface area contributed by atoms with Gasteiger partial charge in [0.1, 0.15) is 6.26 Å². The lowest BCUT2D eigenvalue weighted by molar-refractivity contribution is 0.0938. The Morgan fingerprint density at radius 1 is 1.54 bits per heavy atom. The smallest absolute Gasteiger partial charge is 0.128 e. The van der Waals surface area contributed by atoms with Gasteiger partial charge in [0.15, 0.2) is 0 Å². The van der Waals surface area contributed by atoms with Crippen LogP contribution in [0.4, 0.5) is 0 Å². The highest BCUT2D eigenvalue weighted by Crippen LogP contribution is 1.93. The third-order valence-corrected chi connectivity index (χ3v) is 1.47. The van der Waals surface area contributed by atoms with Gasteiger partial charge in [0.05, 0.1) is 26.0 Å². The van der Waals surface area contributed by atoms with Gasteiger partial charge in [-0.2, -0.15) is 0 Å². The van der Waals surface area contributed by atoms with Gasteiger partial charge in [-0.3, -0.25) is 0 Å². The Hall–Kier alpha value is -0.910. The second-order valence-electron chi connectivity index (χ2n) is 2.55. The molecule has 0 bridgehead atoms. The highest BCUT2D eigenvalue weighted by atomic mass is 16.5. The highest BCUT2D eigenvalue weighted by molar-refractivity contribution is 4.98. The first-order valence-corrected chi connectivity index (χ1v) is 4.21. The molecular formula is C8H14N2O3. The number of aromatic nitrogens is 1. The molecule has 0 spiro atoms. The van der Waals surface area contributed by atoms with Crippen LogP contribution in [-0.2, 0) is 11.3 Å². The van der Waals surface area contributed by atoms with Crippen LogP contribution in [0.25, 0.3) is 0 Å². The van der Waals surface area contributed by atoms with E-state index < -0.39 is 0 Å². The number of hydrogen-bond donors (Lipinski definition) is 2. The molecular weight excluding hydrogens is 172 g/mol. The van der Waals surface area contributed by atoms with Gasteiger partial charge in [-0.05, 0) is 0 Å². The molecule has 74 valence electrons. The topological polar surface area (TPSA) is 67.5 Å². The molecule has 0 amide bonds. The van der Waals surface area contributed by atoms with E-state index >= 15 is 0 Å². The molecule has 0 fully saturated rings. The van der Waals surface area contributed by atoms with Crippen molar-refractivity contribution in [2.75, 3.05) is 26.4 Å². The van der Waals surface area contributed by atoms with E-state index in [9.17, 15) is 0 Å². The van der Waals surface area contributed by atoms with E-state index in [-0.39, 0.29) is 6.61 Å². The van der Waals surface area contributed by atoms with E-state index in [0.29, 0.717) is 13.2 Å². The molecule has 0 aliphatic carbocycles. The van der Waals surface area contributed by atoms with Crippen LogP contribution in [-0.4, -0.2) is 36.6 Å². The molecule has 1 aromatic rings. The third kappa shape index (κ3) is 4.62. The van der Waals surface area contributed by atoms with Crippen LogP contribution < -0.4 is 5.32 Å². The summed E-state index contributed by atoms with van der Waals surface area (Å²) in [5.41, 5.74) is 1.02. The van der Waals surface area contributed by atoms with Crippen LogP contribution in [0, 0.1) is 0 Å². The summed E-state index contributed by atoms with van der Waals surface area (Å²) in [6.45, 7) is 2.56. The number of nitrogens with zero attached hydrogens (tertiary/aromatic N) is 1. The first-order valence-electron chi connectivity index (χ1n) is 4.21. The van der Waals surface area contributed by atoms with Gasteiger partial charge in [0.25, 0.3) is 0 Å². The monoisotopic (exact) mass is 186 g/mol. The van der Waals surface area contributed by atoms with E-state index in [2.05, 4.69) is 15.0 Å². The van der Waals surface area contributed by atoms with E-state index in [1.54, 1.807) is 12.5 Å². The minimum Gasteiger partial charge on any atom is -0.394 e. The predicted octanol–water partition coefficient (Wildman–Crippen LogP) is -0.227. The zero-order chi connectivity index (χ0) is 9.36. The number of hydrogen-bond acceptors (Lipinski definition) is 5. The van der Waals surface area contributed by atoms with Crippen molar-refractivity contribution in [3.63, 3.8) is 0 Å². The molecule has 2 N–H and O–H groups in total. The summed E-state index contributed by atoms with van der Waals surface area (Å²) in [6, 6.07) is 0. The molecule has 13 heavy (non-hydrogen) atoms. The second-order valence-corrected chi connectivity index (χ2v) is 2.55. The highest BCUT2D eigenvalue weighted by Gasteiger charge is 1.93. The maximum absolute atomic E-state index is 8.41. The molecule has 5 nitrogen and oxygen atoms in total. The SMILES string of the molecule is OCCOCCNCc1cnoc1. The van der Waals surface area contributed by atoms with Crippen LogP contribution in [0.2, 0.25) is 0 Å². The van der Waals surface area contributed by atoms with Crippen molar-refractivity contribution >= 4 is 0 Å². The van der Waals surface area contributed by atoms with Gasteiger partial charge in [-0.1, -0.05) is 5.16 Å². The van der Waals surface area contributed by atoms with Crippen LogP contribution >= 0.6 is 0 Å². The summed E-state index contributed by atoms with van der Waals surface area (Å²) < 4.78 is 9.71. The van der Waals surface area contributed by atoms with Crippen molar-refractivity contribution in [2.45, 2.75) is 6.54 Å². The Balaban J connectivity index is 1.90. The average Bonchev–Trinajstić information content (AvgIpc) is 2.63. The fourth-order valence-corrected chi connectivity index (χ4v) is 0.858. The first kappa shape index (κ1) is 10.2. The number of rotatable bonds is 7. The van der Waals surface area contributed by atoms with Gasteiger partial charge < -0.3 is 19.7 Å². The molecule has 1 heterocycles. The molecule has 0 atom stereocenters. The van der Waals surface area contributed by atoms with Gasteiger partial charge in [-0.15, -0.1) is 0 Å². The minimum absolute atomic E-state index is 0.0751.